The molecular formula is C11H16O. The molecule has 0 atom stereocenters. The maximum absolute atomic E-state index is 9.50. The number of phenols is 1. The minimum atomic E-state index is -0.238. The summed E-state index contributed by atoms with van der Waals surface area (Å²) in [6.07, 6.45) is 0.602. The Hall–Kier alpha value is -0.980. The Balaban J connectivity index is 3.39. The maximum Gasteiger partial charge on any atom is 0.118 e. The van der Waals surface area contributed by atoms with Crippen molar-refractivity contribution in [2.45, 2.75) is 27.2 Å². The molecule has 0 aliphatic carbocycles. The van der Waals surface area contributed by atoms with Gasteiger partial charge in [-0.05, 0) is 36.4 Å². The Morgan fingerprint density at radius 1 is 1.50 bits per heavy atom. The van der Waals surface area contributed by atoms with Crippen molar-refractivity contribution in [3.63, 3.8) is 0 Å². The van der Waals surface area contributed by atoms with Crippen LogP contribution in [0.5, 0.6) is 5.75 Å². The maximum atomic E-state index is 9.50. The van der Waals surface area contributed by atoms with Crippen LogP contribution in [-0.2, 0) is 6.42 Å². The first-order chi connectivity index (χ1) is 6.86. The number of rotatable bonds is 2. The molecule has 1 N–H and O–H groups in total. The van der Waals surface area contributed by atoms with Crippen molar-refractivity contribution in [3.8, 4) is 5.75 Å². The van der Waals surface area contributed by atoms with Gasteiger partial charge in [-0.15, -0.1) is 0 Å². The van der Waals surface area contributed by atoms with Crippen molar-refractivity contribution in [3.05, 3.63) is 29.3 Å². The minimum Gasteiger partial charge on any atom is -0.508 e. The van der Waals surface area contributed by atoms with E-state index in [-0.39, 0.29) is 23.9 Å². The Morgan fingerprint density at radius 3 is 2.75 bits per heavy atom. The van der Waals surface area contributed by atoms with Gasteiger partial charge in [-0.1, -0.05) is 25.9 Å². The number of phenolic OH excluding ortho intramolecular Hbond substituents is 1. The largest absolute Gasteiger partial charge is 0.508 e. The van der Waals surface area contributed by atoms with Crippen LogP contribution in [0, 0.1) is 12.8 Å². The summed E-state index contributed by atoms with van der Waals surface area (Å²) in [5, 5.41) is 9.50. The highest BCUT2D eigenvalue weighted by Gasteiger charge is 2.00. The van der Waals surface area contributed by atoms with Gasteiger partial charge in [-0.3, -0.25) is 0 Å². The normalized spacial score (nSPS) is 14.2. The lowest BCUT2D eigenvalue weighted by Gasteiger charge is -2.06. The zero-order chi connectivity index (χ0) is 11.7. The highest BCUT2D eigenvalue weighted by atomic mass is 16.3. The van der Waals surface area contributed by atoms with Crippen LogP contribution >= 0.6 is 0 Å². The first kappa shape index (κ1) is 5.63. The smallest absolute Gasteiger partial charge is 0.118 e. The standard InChI is InChI=1S/C11H16O/c1-8(2)6-10-4-5-11(12)9(3)7-10/h4-5,7-8,12H,6H2,1-3H3/i4D,5D,7D. The van der Waals surface area contributed by atoms with Crippen LogP contribution in [-0.4, -0.2) is 5.11 Å². The minimum absolute atomic E-state index is 0.0169. The van der Waals surface area contributed by atoms with Crippen molar-refractivity contribution in [1.29, 1.82) is 0 Å². The van der Waals surface area contributed by atoms with E-state index in [1.807, 2.05) is 13.8 Å². The van der Waals surface area contributed by atoms with Gasteiger partial charge in [0.1, 0.15) is 5.75 Å². The molecule has 1 aromatic carbocycles. The molecule has 1 rings (SSSR count). The van der Waals surface area contributed by atoms with E-state index in [9.17, 15) is 5.11 Å². The molecule has 1 heteroatoms. The summed E-state index contributed by atoms with van der Waals surface area (Å²) in [5.74, 6) is 0.0963. The summed E-state index contributed by atoms with van der Waals surface area (Å²) < 4.78 is 23.0. The lowest BCUT2D eigenvalue weighted by molar-refractivity contribution is 0.470. The van der Waals surface area contributed by atoms with Crippen LogP contribution in [0.15, 0.2) is 18.1 Å². The summed E-state index contributed by atoms with van der Waals surface area (Å²) in [5.41, 5.74) is 0.956. The fourth-order valence-electron chi connectivity index (χ4n) is 1.06. The lowest BCUT2D eigenvalue weighted by atomic mass is 10.0. The molecule has 1 aromatic rings. The third-order valence-corrected chi connectivity index (χ3v) is 1.64. The topological polar surface area (TPSA) is 20.2 Å². The third kappa shape index (κ3) is 2.26. The summed E-state index contributed by atoms with van der Waals surface area (Å²) in [6.45, 7) is 5.62. The van der Waals surface area contributed by atoms with Crippen molar-refractivity contribution in [1.82, 2.24) is 0 Å². The van der Waals surface area contributed by atoms with Crippen molar-refractivity contribution >= 4 is 0 Å². The molecule has 0 heterocycles. The second-order valence-electron chi connectivity index (χ2n) is 3.43. The van der Waals surface area contributed by atoms with Crippen LogP contribution in [0.4, 0.5) is 0 Å². The van der Waals surface area contributed by atoms with Crippen LogP contribution < -0.4 is 0 Å². The van der Waals surface area contributed by atoms with Gasteiger partial charge in [0, 0.05) is 0 Å². The van der Waals surface area contributed by atoms with Crippen LogP contribution in [0.3, 0.4) is 0 Å². The van der Waals surface area contributed by atoms with E-state index < -0.39 is 0 Å². The fraction of sp³-hybridized carbons (Fsp3) is 0.455. The van der Waals surface area contributed by atoms with Gasteiger partial charge >= 0.3 is 0 Å². The second kappa shape index (κ2) is 3.61. The monoisotopic (exact) mass is 167 g/mol. The summed E-state index contributed by atoms with van der Waals surface area (Å²) in [4.78, 5) is 0. The summed E-state index contributed by atoms with van der Waals surface area (Å²) in [7, 11) is 0. The molecule has 0 radical (unpaired) electrons. The Labute approximate surface area is 78.3 Å². The predicted octanol–water partition coefficient (Wildman–Crippen LogP) is 2.90. The molecule has 0 unspecified atom stereocenters. The summed E-state index contributed by atoms with van der Waals surface area (Å²) in [6, 6.07) is 0.0122. The van der Waals surface area contributed by atoms with E-state index in [0.29, 0.717) is 23.5 Å². The molecule has 0 saturated heterocycles. The van der Waals surface area contributed by atoms with E-state index in [4.69, 9.17) is 4.11 Å². The molecule has 0 aromatic heterocycles. The Morgan fingerprint density at radius 2 is 2.17 bits per heavy atom. The fourth-order valence-corrected chi connectivity index (χ4v) is 1.06. The first-order valence-corrected chi connectivity index (χ1v) is 4.14. The Bertz CT molecular complexity index is 357. The molecule has 0 amide bonds. The molecular weight excluding hydrogens is 148 g/mol. The van der Waals surface area contributed by atoms with E-state index in [1.54, 1.807) is 6.92 Å². The SMILES string of the molecule is [2H]c1c([2H])c(CC(C)C)c([2H])c(C)c1O. The number of hydrogen-bond donors (Lipinski definition) is 1. The number of aromatic hydroxyl groups is 1. The van der Waals surface area contributed by atoms with Crippen molar-refractivity contribution in [2.24, 2.45) is 5.92 Å². The van der Waals surface area contributed by atoms with E-state index in [1.165, 1.54) is 0 Å². The highest BCUT2D eigenvalue weighted by Crippen LogP contribution is 2.18. The first-order valence-electron chi connectivity index (χ1n) is 5.64. The molecule has 0 saturated carbocycles. The lowest BCUT2D eigenvalue weighted by Crippen LogP contribution is -1.93. The molecule has 0 aliphatic heterocycles. The molecule has 12 heavy (non-hydrogen) atoms. The molecule has 0 spiro atoms. The van der Waals surface area contributed by atoms with Gasteiger partial charge in [0.25, 0.3) is 0 Å². The van der Waals surface area contributed by atoms with Gasteiger partial charge in [-0.2, -0.15) is 0 Å². The average molecular weight is 167 g/mol. The van der Waals surface area contributed by atoms with Gasteiger partial charge in [0.15, 0.2) is 0 Å². The number of hydrogen-bond acceptors (Lipinski definition) is 1. The molecule has 0 aliphatic rings. The molecule has 0 fully saturated rings. The summed E-state index contributed by atoms with van der Waals surface area (Å²) >= 11 is 0. The van der Waals surface area contributed by atoms with Gasteiger partial charge in [0.05, 0.1) is 4.11 Å². The highest BCUT2D eigenvalue weighted by molar-refractivity contribution is 5.34. The van der Waals surface area contributed by atoms with Crippen LogP contribution in [0.1, 0.15) is 29.1 Å². The second-order valence-corrected chi connectivity index (χ2v) is 3.43. The molecule has 66 valence electrons. The van der Waals surface area contributed by atoms with Crippen molar-refractivity contribution < 1.29 is 9.22 Å². The van der Waals surface area contributed by atoms with E-state index in [2.05, 4.69) is 0 Å². The van der Waals surface area contributed by atoms with Gasteiger partial charge < -0.3 is 5.11 Å². The quantitative estimate of drug-likeness (QED) is 0.718. The third-order valence-electron chi connectivity index (χ3n) is 1.64. The Kier molecular flexibility index (Phi) is 1.70. The zero-order valence-electron chi connectivity index (χ0n) is 10.7. The zero-order valence-corrected chi connectivity index (χ0v) is 7.73. The van der Waals surface area contributed by atoms with Gasteiger partial charge in [0.2, 0.25) is 0 Å². The van der Waals surface area contributed by atoms with E-state index >= 15 is 0 Å². The van der Waals surface area contributed by atoms with E-state index in [0.717, 1.165) is 0 Å². The molecule has 1 nitrogen and oxygen atoms in total. The van der Waals surface area contributed by atoms with Gasteiger partial charge in [-0.25, -0.2) is 0 Å². The van der Waals surface area contributed by atoms with Crippen LogP contribution in [0.25, 0.3) is 0 Å². The number of benzene rings is 1. The van der Waals surface area contributed by atoms with Crippen molar-refractivity contribution in [2.75, 3.05) is 0 Å². The van der Waals surface area contributed by atoms with Crippen LogP contribution in [0.2, 0.25) is 0 Å². The average Bonchev–Trinajstić information content (AvgIpc) is 2.18. The molecule has 0 bridgehead atoms. The predicted molar refractivity (Wildman–Crippen MR) is 51.4 cm³/mol.